The van der Waals surface area contributed by atoms with Crippen LogP contribution in [0.4, 0.5) is 17.2 Å². The number of anilines is 3. The molecular formula is C25H25N7O3. The SMILES string of the molecule is COc1ccccc1N(Cc1ccc(-c2ccnn2C)cn1)C(=O)C(=O)Nc1cnc(N)c(C)c1. The van der Waals surface area contributed by atoms with Gasteiger partial charge in [0.1, 0.15) is 11.6 Å². The first-order valence-electron chi connectivity index (χ1n) is 10.8. The number of nitrogens with one attached hydrogen (secondary N) is 1. The molecule has 0 saturated carbocycles. The van der Waals surface area contributed by atoms with E-state index in [2.05, 4.69) is 20.4 Å². The molecule has 0 radical (unpaired) electrons. The van der Waals surface area contributed by atoms with Crippen LogP contribution in [0.3, 0.4) is 0 Å². The average Bonchev–Trinajstić information content (AvgIpc) is 3.30. The number of hydrogen-bond acceptors (Lipinski definition) is 7. The largest absolute Gasteiger partial charge is 0.495 e. The van der Waals surface area contributed by atoms with E-state index >= 15 is 0 Å². The highest BCUT2D eigenvalue weighted by Gasteiger charge is 2.26. The monoisotopic (exact) mass is 471 g/mol. The minimum Gasteiger partial charge on any atom is -0.495 e. The van der Waals surface area contributed by atoms with Crippen molar-refractivity contribution in [3.63, 3.8) is 0 Å². The number of methoxy groups -OCH3 is 1. The number of para-hydroxylation sites is 2. The number of benzene rings is 1. The molecule has 0 bridgehead atoms. The zero-order chi connectivity index (χ0) is 24.9. The molecule has 2 amide bonds. The van der Waals surface area contributed by atoms with E-state index < -0.39 is 11.8 Å². The first-order chi connectivity index (χ1) is 16.9. The topological polar surface area (TPSA) is 128 Å². The molecule has 0 saturated heterocycles. The van der Waals surface area contributed by atoms with Crippen LogP contribution in [0.5, 0.6) is 5.75 Å². The zero-order valence-electron chi connectivity index (χ0n) is 19.6. The van der Waals surface area contributed by atoms with Gasteiger partial charge in [-0.25, -0.2) is 4.98 Å². The second-order valence-electron chi connectivity index (χ2n) is 7.82. The predicted octanol–water partition coefficient (Wildman–Crippen LogP) is 2.95. The van der Waals surface area contributed by atoms with Crippen molar-refractivity contribution in [3.8, 4) is 17.0 Å². The molecule has 178 valence electrons. The molecular weight excluding hydrogens is 446 g/mol. The summed E-state index contributed by atoms with van der Waals surface area (Å²) in [6, 6.07) is 14.2. The van der Waals surface area contributed by atoms with Crippen molar-refractivity contribution in [2.24, 2.45) is 7.05 Å². The lowest BCUT2D eigenvalue weighted by Gasteiger charge is -2.24. The lowest BCUT2D eigenvalue weighted by atomic mass is 10.2. The van der Waals surface area contributed by atoms with Crippen LogP contribution >= 0.6 is 0 Å². The van der Waals surface area contributed by atoms with Crippen molar-refractivity contribution in [1.82, 2.24) is 19.7 Å². The van der Waals surface area contributed by atoms with Crippen LogP contribution in [-0.2, 0) is 23.2 Å². The van der Waals surface area contributed by atoms with Gasteiger partial charge >= 0.3 is 11.8 Å². The molecule has 0 fully saturated rings. The highest BCUT2D eigenvalue weighted by Crippen LogP contribution is 2.29. The minimum atomic E-state index is -0.826. The van der Waals surface area contributed by atoms with Gasteiger partial charge in [0.15, 0.2) is 0 Å². The van der Waals surface area contributed by atoms with Gasteiger partial charge in [-0.15, -0.1) is 0 Å². The van der Waals surface area contributed by atoms with Gasteiger partial charge in [-0.1, -0.05) is 12.1 Å². The van der Waals surface area contributed by atoms with Gasteiger partial charge in [0.25, 0.3) is 0 Å². The van der Waals surface area contributed by atoms with Crippen LogP contribution < -0.4 is 20.7 Å². The van der Waals surface area contributed by atoms with E-state index in [9.17, 15) is 9.59 Å². The summed E-state index contributed by atoms with van der Waals surface area (Å²) in [5.41, 5.74) is 9.63. The predicted molar refractivity (Wildman–Crippen MR) is 133 cm³/mol. The number of carbonyl (C=O) groups is 2. The number of pyridine rings is 2. The number of aryl methyl sites for hydroxylation is 2. The molecule has 4 rings (SSSR count). The Morgan fingerprint density at radius 1 is 1.11 bits per heavy atom. The van der Waals surface area contributed by atoms with E-state index in [1.807, 2.05) is 25.2 Å². The lowest BCUT2D eigenvalue weighted by molar-refractivity contribution is -0.134. The molecule has 0 spiro atoms. The molecule has 0 atom stereocenters. The molecule has 3 N–H and O–H groups in total. The van der Waals surface area contributed by atoms with Crippen molar-refractivity contribution in [3.05, 3.63) is 78.4 Å². The molecule has 10 heteroatoms. The highest BCUT2D eigenvalue weighted by atomic mass is 16.5. The number of aromatic nitrogens is 4. The molecule has 3 aromatic heterocycles. The first kappa shape index (κ1) is 23.4. The van der Waals surface area contributed by atoms with Crippen molar-refractivity contribution in [2.45, 2.75) is 13.5 Å². The molecule has 0 unspecified atom stereocenters. The van der Waals surface area contributed by atoms with Gasteiger partial charge in [0, 0.05) is 25.0 Å². The van der Waals surface area contributed by atoms with Crippen LogP contribution in [-0.4, -0.2) is 38.7 Å². The molecule has 0 aliphatic carbocycles. The number of carbonyl (C=O) groups excluding carboxylic acids is 2. The molecule has 35 heavy (non-hydrogen) atoms. The molecule has 4 aromatic rings. The van der Waals surface area contributed by atoms with Gasteiger partial charge < -0.3 is 15.8 Å². The molecule has 10 nitrogen and oxygen atoms in total. The summed E-state index contributed by atoms with van der Waals surface area (Å²) in [7, 11) is 3.35. The van der Waals surface area contributed by atoms with Gasteiger partial charge in [0.05, 0.1) is 42.6 Å². The maximum absolute atomic E-state index is 13.3. The molecule has 1 aromatic carbocycles. The fourth-order valence-corrected chi connectivity index (χ4v) is 3.57. The second-order valence-corrected chi connectivity index (χ2v) is 7.82. The summed E-state index contributed by atoms with van der Waals surface area (Å²) in [5, 5.41) is 6.77. The standard InChI is InChI=1S/C25H25N7O3/c1-16-12-19(14-28-23(16)26)30-24(33)25(34)32(21-6-4-5-7-22(21)35-3)15-18-9-8-17(13-27-18)20-10-11-29-31(20)2/h4-14H,15H2,1-3H3,(H2,26,28)(H,30,33). The van der Waals surface area contributed by atoms with E-state index in [-0.39, 0.29) is 6.54 Å². The number of hydrogen-bond donors (Lipinski definition) is 2. The van der Waals surface area contributed by atoms with Crippen LogP contribution in [0.15, 0.2) is 67.1 Å². The molecule has 0 aliphatic rings. The number of nitrogens with two attached hydrogens (primary N) is 1. The maximum atomic E-state index is 13.3. The summed E-state index contributed by atoms with van der Waals surface area (Å²) in [5.74, 6) is -0.800. The van der Waals surface area contributed by atoms with Crippen LogP contribution in [0.1, 0.15) is 11.3 Å². The van der Waals surface area contributed by atoms with E-state index in [0.29, 0.717) is 34.2 Å². The van der Waals surface area contributed by atoms with Gasteiger partial charge in [0.2, 0.25) is 0 Å². The Morgan fingerprint density at radius 2 is 1.91 bits per heavy atom. The summed E-state index contributed by atoms with van der Waals surface area (Å²) >= 11 is 0. The minimum absolute atomic E-state index is 0.0529. The van der Waals surface area contributed by atoms with Crippen LogP contribution in [0, 0.1) is 6.92 Å². The lowest BCUT2D eigenvalue weighted by Crippen LogP contribution is -2.40. The summed E-state index contributed by atoms with van der Waals surface area (Å²) in [6.07, 6.45) is 4.82. The first-order valence-corrected chi connectivity index (χ1v) is 10.8. The zero-order valence-corrected chi connectivity index (χ0v) is 19.6. The summed E-state index contributed by atoms with van der Waals surface area (Å²) < 4.78 is 7.19. The number of nitrogens with zero attached hydrogens (tertiary/aromatic N) is 5. The van der Waals surface area contributed by atoms with Crippen molar-refractivity contribution >= 4 is 29.0 Å². The van der Waals surface area contributed by atoms with Crippen LogP contribution in [0.25, 0.3) is 11.3 Å². The Kier molecular flexibility index (Phi) is 6.72. The Morgan fingerprint density at radius 3 is 2.57 bits per heavy atom. The molecule has 3 heterocycles. The Balaban J connectivity index is 1.62. The third kappa shape index (κ3) is 5.11. The maximum Gasteiger partial charge on any atom is 0.317 e. The number of amides is 2. The van der Waals surface area contributed by atoms with Gasteiger partial charge in [-0.3, -0.25) is 24.2 Å². The Bertz CT molecular complexity index is 1370. The summed E-state index contributed by atoms with van der Waals surface area (Å²) in [4.78, 5) is 36.1. The number of nitrogen functional groups attached to an aromatic ring is 1. The number of ether oxygens (including phenoxy) is 1. The second kappa shape index (κ2) is 10.0. The average molecular weight is 472 g/mol. The third-order valence-electron chi connectivity index (χ3n) is 5.45. The van der Waals surface area contributed by atoms with Crippen molar-refractivity contribution in [2.75, 3.05) is 23.1 Å². The van der Waals surface area contributed by atoms with E-state index in [1.165, 1.54) is 18.2 Å². The van der Waals surface area contributed by atoms with Gasteiger partial charge in [-0.2, -0.15) is 5.10 Å². The fourth-order valence-electron chi connectivity index (χ4n) is 3.57. The fraction of sp³-hybridized carbons (Fsp3) is 0.160. The highest BCUT2D eigenvalue weighted by molar-refractivity contribution is 6.44. The van der Waals surface area contributed by atoms with E-state index in [0.717, 1.165) is 11.3 Å². The van der Waals surface area contributed by atoms with E-state index in [4.69, 9.17) is 10.5 Å². The van der Waals surface area contributed by atoms with Crippen molar-refractivity contribution in [1.29, 1.82) is 0 Å². The van der Waals surface area contributed by atoms with Crippen LogP contribution in [0.2, 0.25) is 0 Å². The van der Waals surface area contributed by atoms with Gasteiger partial charge in [-0.05, 0) is 48.9 Å². The quantitative estimate of drug-likeness (QED) is 0.414. The normalized spacial score (nSPS) is 10.6. The smallest absolute Gasteiger partial charge is 0.317 e. The Hall–Kier alpha value is -4.73. The number of rotatable bonds is 6. The summed E-state index contributed by atoms with van der Waals surface area (Å²) in [6.45, 7) is 1.82. The molecule has 0 aliphatic heterocycles. The third-order valence-corrected chi connectivity index (χ3v) is 5.45. The Labute approximate surface area is 202 Å². The van der Waals surface area contributed by atoms with Crippen molar-refractivity contribution < 1.29 is 14.3 Å². The van der Waals surface area contributed by atoms with E-state index in [1.54, 1.807) is 54.3 Å².